The number of thioether (sulfide) groups is 1. The smallest absolute Gasteiger partial charge is 0.328 e. The Morgan fingerprint density at radius 1 is 1.73 bits per heavy atom. The standard InChI is InChI=1S/C8H12N4O2S/c1-5(8(13)14)12-7(9-10-11-12)6-3-2-4-15-6/h5-6H,2-4H2,1H3,(H,13,14). The van der Waals surface area contributed by atoms with Crippen molar-refractivity contribution in [2.75, 3.05) is 5.75 Å². The number of tetrazole rings is 1. The molecule has 2 heterocycles. The van der Waals surface area contributed by atoms with Gasteiger partial charge >= 0.3 is 5.97 Å². The third-order valence-corrected chi connectivity index (χ3v) is 3.83. The van der Waals surface area contributed by atoms with Crippen molar-refractivity contribution in [3.05, 3.63) is 5.82 Å². The quantitative estimate of drug-likeness (QED) is 0.827. The van der Waals surface area contributed by atoms with Gasteiger partial charge in [0.2, 0.25) is 0 Å². The Bertz CT molecular complexity index is 361. The first-order valence-corrected chi connectivity index (χ1v) is 5.87. The highest BCUT2D eigenvalue weighted by molar-refractivity contribution is 7.99. The van der Waals surface area contributed by atoms with Crippen LogP contribution in [-0.4, -0.2) is 37.0 Å². The van der Waals surface area contributed by atoms with E-state index in [0.29, 0.717) is 5.82 Å². The van der Waals surface area contributed by atoms with Crippen LogP contribution in [0.15, 0.2) is 0 Å². The zero-order chi connectivity index (χ0) is 10.8. The molecule has 1 aromatic heterocycles. The van der Waals surface area contributed by atoms with Crippen LogP contribution in [0.4, 0.5) is 0 Å². The third-order valence-electron chi connectivity index (χ3n) is 2.46. The van der Waals surface area contributed by atoms with Crippen molar-refractivity contribution in [2.45, 2.75) is 31.1 Å². The minimum absolute atomic E-state index is 0.252. The highest BCUT2D eigenvalue weighted by atomic mass is 32.2. The van der Waals surface area contributed by atoms with E-state index in [2.05, 4.69) is 15.5 Å². The number of aliphatic carboxylic acids is 1. The molecular weight excluding hydrogens is 216 g/mol. The van der Waals surface area contributed by atoms with Crippen LogP contribution in [-0.2, 0) is 4.79 Å². The number of hydrogen-bond donors (Lipinski definition) is 1. The van der Waals surface area contributed by atoms with E-state index in [1.807, 2.05) is 0 Å². The number of aromatic nitrogens is 4. The third kappa shape index (κ3) is 1.97. The summed E-state index contributed by atoms with van der Waals surface area (Å²) in [6, 6.07) is -0.698. The maximum Gasteiger partial charge on any atom is 0.328 e. The van der Waals surface area contributed by atoms with E-state index < -0.39 is 12.0 Å². The molecule has 1 N–H and O–H groups in total. The Balaban J connectivity index is 2.24. The minimum atomic E-state index is -0.911. The summed E-state index contributed by atoms with van der Waals surface area (Å²) >= 11 is 1.79. The molecule has 0 saturated carbocycles. The topological polar surface area (TPSA) is 80.9 Å². The normalized spacial score (nSPS) is 22.9. The van der Waals surface area contributed by atoms with Crippen LogP contribution in [0.3, 0.4) is 0 Å². The fourth-order valence-electron chi connectivity index (χ4n) is 1.57. The molecule has 7 heteroatoms. The van der Waals surface area contributed by atoms with Gasteiger partial charge in [0.05, 0.1) is 5.25 Å². The maximum atomic E-state index is 10.8. The Hall–Kier alpha value is -1.11. The molecule has 1 saturated heterocycles. The van der Waals surface area contributed by atoms with Gasteiger partial charge in [-0.3, -0.25) is 0 Å². The van der Waals surface area contributed by atoms with E-state index >= 15 is 0 Å². The van der Waals surface area contributed by atoms with E-state index in [1.165, 1.54) is 4.68 Å². The number of hydrogen-bond acceptors (Lipinski definition) is 5. The van der Waals surface area contributed by atoms with Gasteiger partial charge in [-0.1, -0.05) is 0 Å². The molecule has 2 rings (SSSR count). The largest absolute Gasteiger partial charge is 0.480 e. The molecule has 0 bridgehead atoms. The van der Waals surface area contributed by atoms with Crippen LogP contribution in [0, 0.1) is 0 Å². The van der Waals surface area contributed by atoms with E-state index in [4.69, 9.17) is 5.11 Å². The fraction of sp³-hybridized carbons (Fsp3) is 0.750. The summed E-state index contributed by atoms with van der Waals surface area (Å²) in [4.78, 5) is 10.8. The molecule has 0 radical (unpaired) electrons. The first kappa shape index (κ1) is 10.4. The highest BCUT2D eigenvalue weighted by Gasteiger charge is 2.27. The molecule has 0 aromatic carbocycles. The molecule has 1 aliphatic rings. The van der Waals surface area contributed by atoms with Gasteiger partial charge in [-0.25, -0.2) is 9.48 Å². The average Bonchev–Trinajstić information content (AvgIpc) is 2.86. The van der Waals surface area contributed by atoms with Gasteiger partial charge < -0.3 is 5.11 Å². The van der Waals surface area contributed by atoms with Crippen molar-refractivity contribution in [1.82, 2.24) is 20.2 Å². The zero-order valence-electron chi connectivity index (χ0n) is 8.33. The lowest BCUT2D eigenvalue weighted by Gasteiger charge is -2.11. The monoisotopic (exact) mass is 228 g/mol. The van der Waals surface area contributed by atoms with Crippen LogP contribution in [0.5, 0.6) is 0 Å². The summed E-state index contributed by atoms with van der Waals surface area (Å²) in [5, 5.41) is 20.4. The van der Waals surface area contributed by atoms with E-state index in [1.54, 1.807) is 18.7 Å². The van der Waals surface area contributed by atoms with Crippen molar-refractivity contribution in [1.29, 1.82) is 0 Å². The number of carbonyl (C=O) groups is 1. The Labute approximate surface area is 91.0 Å². The van der Waals surface area contributed by atoms with Gasteiger partial charge in [-0.15, -0.1) is 5.10 Å². The van der Waals surface area contributed by atoms with Crippen molar-refractivity contribution in [3.8, 4) is 0 Å². The molecule has 82 valence electrons. The average molecular weight is 228 g/mol. The maximum absolute atomic E-state index is 10.8. The van der Waals surface area contributed by atoms with Gasteiger partial charge in [0.25, 0.3) is 0 Å². The van der Waals surface area contributed by atoms with Crippen LogP contribution >= 0.6 is 11.8 Å². The Morgan fingerprint density at radius 3 is 3.13 bits per heavy atom. The van der Waals surface area contributed by atoms with Crippen LogP contribution < -0.4 is 0 Å². The molecule has 1 aromatic rings. The highest BCUT2D eigenvalue weighted by Crippen LogP contribution is 2.38. The molecule has 0 amide bonds. The molecule has 2 unspecified atom stereocenters. The van der Waals surface area contributed by atoms with Crippen molar-refractivity contribution in [2.24, 2.45) is 0 Å². The molecule has 0 spiro atoms. The van der Waals surface area contributed by atoms with Gasteiger partial charge in [0.15, 0.2) is 5.82 Å². The molecule has 0 aliphatic carbocycles. The summed E-state index contributed by atoms with van der Waals surface area (Å²) in [6.07, 6.45) is 2.17. The van der Waals surface area contributed by atoms with Crippen molar-refractivity contribution >= 4 is 17.7 Å². The SMILES string of the molecule is CC(C(=O)O)n1nnnc1C1CCCS1. The lowest BCUT2D eigenvalue weighted by atomic mass is 10.2. The Kier molecular flexibility index (Phi) is 2.90. The van der Waals surface area contributed by atoms with E-state index in [0.717, 1.165) is 18.6 Å². The van der Waals surface area contributed by atoms with Crippen molar-refractivity contribution in [3.63, 3.8) is 0 Å². The summed E-state index contributed by atoms with van der Waals surface area (Å²) in [5.74, 6) is 0.873. The first-order chi connectivity index (χ1) is 7.20. The molecule has 2 atom stereocenters. The van der Waals surface area contributed by atoms with Gasteiger partial charge in [0.1, 0.15) is 6.04 Å². The summed E-state index contributed by atoms with van der Waals surface area (Å²) in [6.45, 7) is 1.59. The van der Waals surface area contributed by atoms with E-state index in [-0.39, 0.29) is 5.25 Å². The fourth-order valence-corrected chi connectivity index (χ4v) is 2.83. The summed E-state index contributed by atoms with van der Waals surface area (Å²) in [5.41, 5.74) is 0. The van der Waals surface area contributed by atoms with E-state index in [9.17, 15) is 4.79 Å². The summed E-state index contributed by atoms with van der Waals surface area (Å²) < 4.78 is 1.41. The number of rotatable bonds is 3. The second-order valence-electron chi connectivity index (χ2n) is 3.50. The summed E-state index contributed by atoms with van der Waals surface area (Å²) in [7, 11) is 0. The van der Waals surface area contributed by atoms with Gasteiger partial charge in [0, 0.05) is 0 Å². The molecule has 1 fully saturated rings. The van der Waals surface area contributed by atoms with Crippen LogP contribution in [0.25, 0.3) is 0 Å². The molecule has 6 nitrogen and oxygen atoms in total. The first-order valence-electron chi connectivity index (χ1n) is 4.82. The molecule has 15 heavy (non-hydrogen) atoms. The lowest BCUT2D eigenvalue weighted by Crippen LogP contribution is -2.20. The number of nitrogens with zero attached hydrogens (tertiary/aromatic N) is 4. The lowest BCUT2D eigenvalue weighted by molar-refractivity contribution is -0.140. The van der Waals surface area contributed by atoms with Gasteiger partial charge in [-0.05, 0) is 35.9 Å². The van der Waals surface area contributed by atoms with Crippen LogP contribution in [0.1, 0.15) is 36.9 Å². The second-order valence-corrected chi connectivity index (χ2v) is 4.81. The molecule has 1 aliphatic heterocycles. The van der Waals surface area contributed by atoms with Crippen LogP contribution in [0.2, 0.25) is 0 Å². The Morgan fingerprint density at radius 2 is 2.53 bits per heavy atom. The predicted molar refractivity (Wildman–Crippen MR) is 54.6 cm³/mol. The molecular formula is C8H12N4O2S. The number of carboxylic acid groups (broad SMARTS) is 1. The van der Waals surface area contributed by atoms with Gasteiger partial charge in [-0.2, -0.15) is 11.8 Å². The predicted octanol–water partition coefficient (Wildman–Crippen LogP) is 0.887. The van der Waals surface area contributed by atoms with Crippen molar-refractivity contribution < 1.29 is 9.90 Å². The number of carboxylic acids is 1. The minimum Gasteiger partial charge on any atom is -0.480 e. The second kappa shape index (κ2) is 4.18. The zero-order valence-corrected chi connectivity index (χ0v) is 9.15.